The van der Waals surface area contributed by atoms with Gasteiger partial charge in [0.1, 0.15) is 0 Å². The Morgan fingerprint density at radius 3 is 2.60 bits per heavy atom. The quantitative estimate of drug-likeness (QED) is 0.867. The van der Waals surface area contributed by atoms with Crippen molar-refractivity contribution in [3.05, 3.63) is 29.6 Å². The highest BCUT2D eigenvalue weighted by Crippen LogP contribution is 2.22. The number of likely N-dealkylation sites (N-methyl/N-ethyl adjacent to an activating group) is 1. The van der Waals surface area contributed by atoms with E-state index >= 15 is 0 Å². The van der Waals surface area contributed by atoms with E-state index in [9.17, 15) is 4.79 Å². The van der Waals surface area contributed by atoms with Gasteiger partial charge in [-0.3, -0.25) is 4.98 Å². The smallest absolute Gasteiger partial charge is 0.318 e. The molecule has 1 rings (SSSR count). The number of carbonyl (C=O) groups is 1. The number of aliphatic hydroxyl groups is 1. The van der Waals surface area contributed by atoms with Crippen LogP contribution in [0, 0.1) is 12.8 Å². The molecule has 2 amide bonds. The Kier molecular flexibility index (Phi) is 5.95. The first-order valence-corrected chi connectivity index (χ1v) is 6.94. The highest BCUT2D eigenvalue weighted by molar-refractivity contribution is 5.74. The van der Waals surface area contributed by atoms with Crippen molar-refractivity contribution in [3.8, 4) is 0 Å². The molecule has 2 unspecified atom stereocenters. The van der Waals surface area contributed by atoms with Crippen molar-refractivity contribution in [2.75, 3.05) is 13.7 Å². The lowest BCUT2D eigenvalue weighted by Gasteiger charge is -2.29. The molecule has 0 aliphatic rings. The average Bonchev–Trinajstić information content (AvgIpc) is 2.43. The van der Waals surface area contributed by atoms with Crippen LogP contribution in [0.25, 0.3) is 0 Å². The molecule has 5 nitrogen and oxygen atoms in total. The van der Waals surface area contributed by atoms with Gasteiger partial charge in [0.15, 0.2) is 0 Å². The lowest BCUT2D eigenvalue weighted by molar-refractivity contribution is 0.152. The third-order valence-corrected chi connectivity index (χ3v) is 3.54. The Morgan fingerprint density at radius 1 is 1.45 bits per heavy atom. The molecule has 1 heterocycles. The average molecular weight is 279 g/mol. The normalized spacial score (nSPS) is 13.9. The molecule has 5 heteroatoms. The number of nitrogens with one attached hydrogen (secondary N) is 1. The maximum absolute atomic E-state index is 12.2. The number of rotatable bonds is 5. The SMILES string of the molecule is Cc1cccnc1C(NC(=O)N(C)C(C)CO)C(C)C. The Bertz CT molecular complexity index is 448. The molecule has 1 aromatic rings. The van der Waals surface area contributed by atoms with Crippen LogP contribution in [0.3, 0.4) is 0 Å². The zero-order chi connectivity index (χ0) is 15.3. The Hall–Kier alpha value is -1.62. The summed E-state index contributed by atoms with van der Waals surface area (Å²) in [6, 6.07) is 3.32. The second-order valence-electron chi connectivity index (χ2n) is 5.52. The van der Waals surface area contributed by atoms with Gasteiger partial charge in [-0.05, 0) is 31.4 Å². The molecule has 0 aliphatic heterocycles. The highest BCUT2D eigenvalue weighted by atomic mass is 16.3. The van der Waals surface area contributed by atoms with Gasteiger partial charge in [-0.1, -0.05) is 19.9 Å². The highest BCUT2D eigenvalue weighted by Gasteiger charge is 2.24. The van der Waals surface area contributed by atoms with Crippen LogP contribution in [0.4, 0.5) is 4.79 Å². The maximum Gasteiger partial charge on any atom is 0.318 e. The van der Waals surface area contributed by atoms with Gasteiger partial charge in [0.2, 0.25) is 0 Å². The first-order valence-electron chi connectivity index (χ1n) is 6.94. The molecule has 0 spiro atoms. The summed E-state index contributed by atoms with van der Waals surface area (Å²) in [5, 5.41) is 12.1. The maximum atomic E-state index is 12.2. The van der Waals surface area contributed by atoms with Crippen molar-refractivity contribution in [1.29, 1.82) is 0 Å². The lowest BCUT2D eigenvalue weighted by atomic mass is 9.97. The van der Waals surface area contributed by atoms with Crippen LogP contribution < -0.4 is 5.32 Å². The number of pyridine rings is 1. The van der Waals surface area contributed by atoms with Crippen molar-refractivity contribution in [2.45, 2.75) is 39.8 Å². The van der Waals surface area contributed by atoms with E-state index in [1.807, 2.05) is 19.1 Å². The van der Waals surface area contributed by atoms with Gasteiger partial charge in [-0.25, -0.2) is 4.79 Å². The first-order chi connectivity index (χ1) is 9.38. The number of hydrogen-bond acceptors (Lipinski definition) is 3. The van der Waals surface area contributed by atoms with Gasteiger partial charge in [0.25, 0.3) is 0 Å². The summed E-state index contributed by atoms with van der Waals surface area (Å²) in [5.41, 5.74) is 1.95. The summed E-state index contributed by atoms with van der Waals surface area (Å²) >= 11 is 0. The van der Waals surface area contributed by atoms with Crippen LogP contribution >= 0.6 is 0 Å². The van der Waals surface area contributed by atoms with Gasteiger partial charge >= 0.3 is 6.03 Å². The van der Waals surface area contributed by atoms with E-state index in [2.05, 4.69) is 24.1 Å². The zero-order valence-electron chi connectivity index (χ0n) is 12.9. The molecule has 0 bridgehead atoms. The van der Waals surface area contributed by atoms with Crippen LogP contribution in [0.15, 0.2) is 18.3 Å². The Balaban J connectivity index is 2.89. The third kappa shape index (κ3) is 3.93. The topological polar surface area (TPSA) is 65.5 Å². The second-order valence-corrected chi connectivity index (χ2v) is 5.52. The molecule has 0 aliphatic carbocycles. The van der Waals surface area contributed by atoms with Crippen molar-refractivity contribution >= 4 is 6.03 Å². The minimum atomic E-state index is -0.215. The molecule has 0 radical (unpaired) electrons. The van der Waals surface area contributed by atoms with E-state index in [4.69, 9.17) is 5.11 Å². The second kappa shape index (κ2) is 7.24. The molecule has 0 aromatic carbocycles. The van der Waals surface area contributed by atoms with Crippen molar-refractivity contribution in [3.63, 3.8) is 0 Å². The molecule has 2 N–H and O–H groups in total. The van der Waals surface area contributed by atoms with Gasteiger partial charge < -0.3 is 15.3 Å². The first kappa shape index (κ1) is 16.4. The molecule has 1 aromatic heterocycles. The Morgan fingerprint density at radius 2 is 2.10 bits per heavy atom. The van der Waals surface area contributed by atoms with Crippen LogP contribution in [-0.4, -0.2) is 40.7 Å². The van der Waals surface area contributed by atoms with Crippen LogP contribution in [0.5, 0.6) is 0 Å². The third-order valence-electron chi connectivity index (χ3n) is 3.54. The summed E-state index contributed by atoms with van der Waals surface area (Å²) in [7, 11) is 1.68. The van der Waals surface area contributed by atoms with Crippen molar-refractivity contribution in [2.24, 2.45) is 5.92 Å². The van der Waals surface area contributed by atoms with E-state index in [0.717, 1.165) is 11.3 Å². The summed E-state index contributed by atoms with van der Waals surface area (Å²) in [5.74, 6) is 0.227. The minimum absolute atomic E-state index is 0.0567. The molecule has 0 fully saturated rings. The number of nitrogens with zero attached hydrogens (tertiary/aromatic N) is 2. The number of carbonyl (C=O) groups excluding carboxylic acids is 1. The van der Waals surface area contributed by atoms with Crippen molar-refractivity contribution in [1.82, 2.24) is 15.2 Å². The molecule has 112 valence electrons. The zero-order valence-corrected chi connectivity index (χ0v) is 12.9. The largest absolute Gasteiger partial charge is 0.394 e. The molecule has 2 atom stereocenters. The minimum Gasteiger partial charge on any atom is -0.394 e. The Labute approximate surface area is 121 Å². The van der Waals surface area contributed by atoms with E-state index in [-0.39, 0.29) is 30.6 Å². The van der Waals surface area contributed by atoms with E-state index in [1.165, 1.54) is 4.90 Å². The monoisotopic (exact) mass is 279 g/mol. The fourth-order valence-electron chi connectivity index (χ4n) is 1.93. The van der Waals surface area contributed by atoms with Crippen LogP contribution in [0.2, 0.25) is 0 Å². The molecular formula is C15H25N3O2. The number of aliphatic hydroxyl groups excluding tert-OH is 1. The van der Waals surface area contributed by atoms with Crippen molar-refractivity contribution < 1.29 is 9.90 Å². The van der Waals surface area contributed by atoms with Gasteiger partial charge in [-0.2, -0.15) is 0 Å². The number of urea groups is 1. The number of aryl methyl sites for hydroxylation is 1. The van der Waals surface area contributed by atoms with E-state index in [0.29, 0.717) is 0 Å². The molecule has 0 saturated heterocycles. The van der Waals surface area contributed by atoms with Gasteiger partial charge in [0.05, 0.1) is 24.4 Å². The number of hydrogen-bond donors (Lipinski definition) is 2. The van der Waals surface area contributed by atoms with Crippen LogP contribution in [-0.2, 0) is 0 Å². The van der Waals surface area contributed by atoms with E-state index in [1.54, 1.807) is 20.2 Å². The van der Waals surface area contributed by atoms with Gasteiger partial charge in [0, 0.05) is 13.2 Å². The van der Waals surface area contributed by atoms with E-state index < -0.39 is 0 Å². The predicted octanol–water partition coefficient (Wildman–Crippen LogP) is 2.11. The number of aromatic nitrogens is 1. The lowest BCUT2D eigenvalue weighted by Crippen LogP contribution is -2.46. The molecule has 20 heavy (non-hydrogen) atoms. The van der Waals surface area contributed by atoms with Crippen LogP contribution in [0.1, 0.15) is 38.1 Å². The standard InChI is InChI=1S/C15H25N3O2/c1-10(2)13(14-11(3)7-6-8-16-14)17-15(20)18(5)12(4)9-19/h6-8,10,12-13,19H,9H2,1-5H3,(H,17,20). The summed E-state index contributed by atoms with van der Waals surface area (Å²) in [6.07, 6.45) is 1.74. The summed E-state index contributed by atoms with van der Waals surface area (Å²) in [4.78, 5) is 18.1. The fraction of sp³-hybridized carbons (Fsp3) is 0.600. The fourth-order valence-corrected chi connectivity index (χ4v) is 1.93. The van der Waals surface area contributed by atoms with Gasteiger partial charge in [-0.15, -0.1) is 0 Å². The predicted molar refractivity (Wildman–Crippen MR) is 79.4 cm³/mol. The number of amides is 2. The summed E-state index contributed by atoms with van der Waals surface area (Å²) < 4.78 is 0. The molecule has 0 saturated carbocycles. The molecular weight excluding hydrogens is 254 g/mol. The summed E-state index contributed by atoms with van der Waals surface area (Å²) in [6.45, 7) is 7.84.